The summed E-state index contributed by atoms with van der Waals surface area (Å²) in [4.78, 5) is 20.0. The highest BCUT2D eigenvalue weighted by Crippen LogP contribution is 2.03. The van der Waals surface area contributed by atoms with Crippen LogP contribution < -0.4 is 0 Å². The van der Waals surface area contributed by atoms with E-state index < -0.39 is 21.3 Å². The van der Waals surface area contributed by atoms with Gasteiger partial charge < -0.3 is 4.74 Å². The van der Waals surface area contributed by atoms with Gasteiger partial charge in [-0.05, 0) is 0 Å². The number of carbonyl (C=O) groups is 2. The lowest BCUT2D eigenvalue weighted by Crippen LogP contribution is -1.94. The Morgan fingerprint density at radius 2 is 1.50 bits per heavy atom. The fourth-order valence-electron chi connectivity index (χ4n) is 0.433. The molecule has 0 aromatic carbocycles. The first-order valence-electron chi connectivity index (χ1n) is 2.69. The highest BCUT2D eigenvalue weighted by Gasteiger charge is 2.19. The number of rotatable bonds is 0. The first kappa shape index (κ1) is 11.3. The van der Waals surface area contributed by atoms with E-state index in [4.69, 9.17) is 13.0 Å². The summed E-state index contributed by atoms with van der Waals surface area (Å²) in [6, 6.07) is 0. The van der Waals surface area contributed by atoms with Crippen molar-refractivity contribution in [2.24, 2.45) is 0 Å². The summed E-state index contributed by atoms with van der Waals surface area (Å²) in [5.74, 6) is -0.796. The summed E-state index contributed by atoms with van der Waals surface area (Å²) in [6.45, 7) is 0. The molecule has 1 heterocycles. The standard InChI is InChI=1S/C4H4O3.ClHO3S/c5-3-1-2-4(6)7-3;1-5(2,3)4/h1-2H2;(H,2,3,4). The second-order valence-corrected chi connectivity index (χ2v) is 3.75. The van der Waals surface area contributed by atoms with Crippen molar-refractivity contribution in [3.63, 3.8) is 0 Å². The lowest BCUT2D eigenvalue weighted by Gasteiger charge is -1.79. The molecule has 1 fully saturated rings. The van der Waals surface area contributed by atoms with Gasteiger partial charge in [-0.15, -0.1) is 0 Å². The van der Waals surface area contributed by atoms with Gasteiger partial charge in [0.1, 0.15) is 0 Å². The maximum atomic E-state index is 10.0. The molecular formula is C4H5ClO6S. The van der Waals surface area contributed by atoms with Crippen molar-refractivity contribution in [1.82, 2.24) is 0 Å². The van der Waals surface area contributed by atoms with Crippen LogP contribution in [0.2, 0.25) is 0 Å². The molecule has 1 N–H and O–H groups in total. The summed E-state index contributed by atoms with van der Waals surface area (Å²) >= 11 is 0. The minimum absolute atomic E-state index is 0.263. The van der Waals surface area contributed by atoms with Crippen LogP contribution >= 0.6 is 10.7 Å². The topological polar surface area (TPSA) is 97.7 Å². The molecule has 1 rings (SSSR count). The summed E-state index contributed by atoms with van der Waals surface area (Å²) in [5.41, 5.74) is 0. The van der Waals surface area contributed by atoms with Crippen LogP contribution in [0.5, 0.6) is 0 Å². The number of ether oxygens (including phenoxy) is 1. The van der Waals surface area contributed by atoms with Gasteiger partial charge in [-0.1, -0.05) is 0 Å². The maximum absolute atomic E-state index is 10.0. The van der Waals surface area contributed by atoms with Gasteiger partial charge in [-0.2, -0.15) is 8.42 Å². The monoisotopic (exact) mass is 216 g/mol. The molecule has 1 saturated heterocycles. The highest BCUT2D eigenvalue weighted by molar-refractivity contribution is 8.09. The molecular weight excluding hydrogens is 212 g/mol. The molecule has 12 heavy (non-hydrogen) atoms. The van der Waals surface area contributed by atoms with Crippen LogP contribution in [0.1, 0.15) is 12.8 Å². The Kier molecular flexibility index (Phi) is 4.15. The van der Waals surface area contributed by atoms with Crippen LogP contribution in [-0.4, -0.2) is 24.9 Å². The molecule has 8 heteroatoms. The molecule has 0 aromatic rings. The van der Waals surface area contributed by atoms with E-state index in [1.807, 2.05) is 0 Å². The average molecular weight is 217 g/mol. The second-order valence-electron chi connectivity index (χ2n) is 1.76. The lowest BCUT2D eigenvalue weighted by molar-refractivity contribution is -0.151. The SMILES string of the molecule is O=C1CCC(=O)O1.O=S(=O)(O)Cl. The Morgan fingerprint density at radius 3 is 1.58 bits per heavy atom. The molecule has 0 saturated carbocycles. The number of cyclic esters (lactones) is 2. The predicted octanol–water partition coefficient (Wildman–Crippen LogP) is -0.122. The van der Waals surface area contributed by atoms with Crippen LogP contribution in [0.4, 0.5) is 0 Å². The zero-order chi connectivity index (χ0) is 9.78. The van der Waals surface area contributed by atoms with E-state index in [-0.39, 0.29) is 12.8 Å². The van der Waals surface area contributed by atoms with Crippen LogP contribution in [-0.2, 0) is 23.7 Å². The largest absolute Gasteiger partial charge is 0.393 e. The van der Waals surface area contributed by atoms with Gasteiger partial charge >= 0.3 is 21.3 Å². The molecule has 0 spiro atoms. The molecule has 0 bridgehead atoms. The van der Waals surface area contributed by atoms with Gasteiger partial charge in [-0.3, -0.25) is 14.1 Å². The Hall–Kier alpha value is -0.660. The molecule has 0 radical (unpaired) electrons. The number of hydrogen-bond acceptors (Lipinski definition) is 5. The summed E-state index contributed by atoms with van der Waals surface area (Å²) in [7, 11) is -0.137. The van der Waals surface area contributed by atoms with Crippen molar-refractivity contribution in [3.05, 3.63) is 0 Å². The molecule has 0 aliphatic carbocycles. The van der Waals surface area contributed by atoms with E-state index in [0.717, 1.165) is 0 Å². The van der Waals surface area contributed by atoms with Crippen molar-refractivity contribution in [1.29, 1.82) is 0 Å². The van der Waals surface area contributed by atoms with Gasteiger partial charge in [0.2, 0.25) is 0 Å². The molecule has 0 aromatic heterocycles. The van der Waals surface area contributed by atoms with E-state index in [0.29, 0.717) is 0 Å². The van der Waals surface area contributed by atoms with Crippen LogP contribution in [0.3, 0.4) is 0 Å². The fraction of sp³-hybridized carbons (Fsp3) is 0.500. The first-order valence-corrected chi connectivity index (χ1v) is 4.96. The highest BCUT2D eigenvalue weighted by atomic mass is 35.7. The smallest absolute Gasteiger partial charge is 0.353 e. The molecule has 1 aliphatic rings. The Balaban J connectivity index is 0.000000217. The van der Waals surface area contributed by atoms with Gasteiger partial charge in [0.25, 0.3) is 0 Å². The number of hydrogen-bond donors (Lipinski definition) is 1. The second kappa shape index (κ2) is 4.39. The molecule has 6 nitrogen and oxygen atoms in total. The normalized spacial score (nSPS) is 16.5. The quantitative estimate of drug-likeness (QED) is 0.262. The van der Waals surface area contributed by atoms with E-state index in [1.165, 1.54) is 0 Å². The summed E-state index contributed by atoms with van der Waals surface area (Å²) in [5, 5.41) is 0. The molecule has 70 valence electrons. The van der Waals surface area contributed by atoms with Gasteiger partial charge in [-0.25, -0.2) is 0 Å². The van der Waals surface area contributed by atoms with E-state index in [2.05, 4.69) is 15.4 Å². The molecule has 0 amide bonds. The maximum Gasteiger partial charge on any atom is 0.353 e. The van der Waals surface area contributed by atoms with Crippen molar-refractivity contribution < 1.29 is 27.3 Å². The van der Waals surface area contributed by atoms with Crippen LogP contribution in [0.25, 0.3) is 0 Å². The Labute approximate surface area is 72.7 Å². The third kappa shape index (κ3) is 9.34. The number of esters is 2. The van der Waals surface area contributed by atoms with Gasteiger partial charge in [0.05, 0.1) is 12.8 Å². The average Bonchev–Trinajstić information content (AvgIpc) is 2.09. The minimum atomic E-state index is -4.19. The minimum Gasteiger partial charge on any atom is -0.393 e. The van der Waals surface area contributed by atoms with Crippen LogP contribution in [0, 0.1) is 0 Å². The lowest BCUT2D eigenvalue weighted by atomic mass is 10.4. The zero-order valence-corrected chi connectivity index (χ0v) is 7.26. The predicted molar refractivity (Wildman–Crippen MR) is 37.7 cm³/mol. The fourth-order valence-corrected chi connectivity index (χ4v) is 0.433. The Bertz CT molecular complexity index is 258. The molecule has 1 aliphatic heterocycles. The van der Waals surface area contributed by atoms with Crippen molar-refractivity contribution >= 4 is 32.0 Å². The van der Waals surface area contributed by atoms with Gasteiger partial charge in [0, 0.05) is 10.7 Å². The summed E-state index contributed by atoms with van der Waals surface area (Å²) in [6.07, 6.45) is 0.525. The van der Waals surface area contributed by atoms with Crippen molar-refractivity contribution in [2.45, 2.75) is 12.8 Å². The van der Waals surface area contributed by atoms with Crippen molar-refractivity contribution in [3.8, 4) is 0 Å². The van der Waals surface area contributed by atoms with Crippen molar-refractivity contribution in [2.75, 3.05) is 0 Å². The Morgan fingerprint density at radius 1 is 1.25 bits per heavy atom. The van der Waals surface area contributed by atoms with E-state index in [9.17, 15) is 9.59 Å². The zero-order valence-electron chi connectivity index (χ0n) is 5.69. The third-order valence-corrected chi connectivity index (χ3v) is 0.761. The van der Waals surface area contributed by atoms with E-state index >= 15 is 0 Å². The summed E-state index contributed by atoms with van der Waals surface area (Å²) < 4.78 is 29.2. The van der Waals surface area contributed by atoms with Crippen LogP contribution in [0.15, 0.2) is 0 Å². The third-order valence-electron chi connectivity index (χ3n) is 0.761. The molecule has 0 unspecified atom stereocenters. The number of carbonyl (C=O) groups excluding carboxylic acids is 2. The molecule has 0 atom stereocenters. The number of halogens is 1. The first-order chi connectivity index (χ1) is 5.29. The van der Waals surface area contributed by atoms with E-state index in [1.54, 1.807) is 0 Å². The van der Waals surface area contributed by atoms with Gasteiger partial charge in [0.15, 0.2) is 0 Å².